The van der Waals surface area contributed by atoms with Crippen molar-refractivity contribution in [3.8, 4) is 5.75 Å². The van der Waals surface area contributed by atoms with Crippen LogP contribution in [0.5, 0.6) is 5.75 Å². The van der Waals surface area contributed by atoms with Crippen LogP contribution >= 0.6 is 0 Å². The van der Waals surface area contributed by atoms with Crippen molar-refractivity contribution in [3.05, 3.63) is 77.5 Å². The van der Waals surface area contributed by atoms with E-state index >= 15 is 0 Å². The minimum Gasteiger partial charge on any atom is -0.496 e. The highest BCUT2D eigenvalue weighted by Gasteiger charge is 2.10. The third kappa shape index (κ3) is 4.70. The molecule has 28 heavy (non-hydrogen) atoms. The van der Waals surface area contributed by atoms with E-state index in [1.54, 1.807) is 37.4 Å². The van der Waals surface area contributed by atoms with Crippen LogP contribution in [0.1, 0.15) is 33.3 Å². The Hall–Kier alpha value is -3.74. The molecule has 7 nitrogen and oxygen atoms in total. The zero-order chi connectivity index (χ0) is 19.9. The first kappa shape index (κ1) is 19.0. The van der Waals surface area contributed by atoms with Gasteiger partial charge in [0.25, 0.3) is 5.91 Å². The maximum atomic E-state index is 12.3. The average Bonchev–Trinajstić information content (AvgIpc) is 2.73. The summed E-state index contributed by atoms with van der Waals surface area (Å²) in [5.41, 5.74) is 2.40. The van der Waals surface area contributed by atoms with E-state index in [1.807, 2.05) is 30.3 Å². The molecule has 0 saturated carbocycles. The Morgan fingerprint density at radius 3 is 2.54 bits per heavy atom. The third-order valence-corrected chi connectivity index (χ3v) is 4.07. The van der Waals surface area contributed by atoms with E-state index in [0.717, 1.165) is 11.3 Å². The SMILES string of the molecule is COc1ccccc1CNC(=O)c1ccc(Nc2cccc(C(C)=O)c2)nn1. The first-order chi connectivity index (χ1) is 13.6. The highest BCUT2D eigenvalue weighted by molar-refractivity contribution is 5.95. The monoisotopic (exact) mass is 376 g/mol. The van der Waals surface area contributed by atoms with Crippen LogP contribution in [0.3, 0.4) is 0 Å². The Kier molecular flexibility index (Phi) is 5.96. The Bertz CT molecular complexity index is 987. The number of amides is 1. The van der Waals surface area contributed by atoms with Gasteiger partial charge in [-0.25, -0.2) is 0 Å². The molecule has 0 unspecified atom stereocenters. The standard InChI is InChI=1S/C21H20N4O3/c1-14(26)15-7-5-8-17(12-15)23-20-11-10-18(24-25-20)21(27)22-13-16-6-3-4-9-19(16)28-2/h3-12H,13H2,1-2H3,(H,22,27)(H,23,25). The molecular weight excluding hydrogens is 356 g/mol. The second-order valence-electron chi connectivity index (χ2n) is 6.06. The molecule has 0 bridgehead atoms. The lowest BCUT2D eigenvalue weighted by Gasteiger charge is -2.09. The minimum atomic E-state index is -0.330. The number of hydrogen-bond acceptors (Lipinski definition) is 6. The number of Topliss-reactive ketones (excluding diaryl/α,β-unsaturated/α-hetero) is 1. The zero-order valence-corrected chi connectivity index (χ0v) is 15.6. The predicted octanol–water partition coefficient (Wildman–Crippen LogP) is 3.36. The summed E-state index contributed by atoms with van der Waals surface area (Å²) in [5, 5.41) is 13.9. The molecule has 3 rings (SSSR count). The molecule has 1 amide bonds. The normalized spacial score (nSPS) is 10.2. The molecule has 142 valence electrons. The molecule has 0 atom stereocenters. The molecule has 0 radical (unpaired) electrons. The molecule has 0 fully saturated rings. The molecule has 0 spiro atoms. The summed E-state index contributed by atoms with van der Waals surface area (Å²) >= 11 is 0. The molecule has 0 aliphatic carbocycles. The van der Waals surface area contributed by atoms with Crippen molar-refractivity contribution in [1.29, 1.82) is 0 Å². The van der Waals surface area contributed by atoms with E-state index in [0.29, 0.717) is 23.7 Å². The van der Waals surface area contributed by atoms with Crippen molar-refractivity contribution >= 4 is 23.2 Å². The van der Waals surface area contributed by atoms with E-state index in [1.165, 1.54) is 6.92 Å². The molecule has 0 saturated heterocycles. The fourth-order valence-corrected chi connectivity index (χ4v) is 2.60. The van der Waals surface area contributed by atoms with Crippen molar-refractivity contribution in [2.24, 2.45) is 0 Å². The fraction of sp³-hybridized carbons (Fsp3) is 0.143. The number of anilines is 2. The molecule has 0 aliphatic heterocycles. The van der Waals surface area contributed by atoms with Crippen LogP contribution in [0.15, 0.2) is 60.7 Å². The number of carbonyl (C=O) groups is 2. The van der Waals surface area contributed by atoms with Gasteiger partial charge in [-0.1, -0.05) is 30.3 Å². The van der Waals surface area contributed by atoms with E-state index in [4.69, 9.17) is 4.74 Å². The number of methoxy groups -OCH3 is 1. The van der Waals surface area contributed by atoms with Crippen LogP contribution in [-0.4, -0.2) is 29.0 Å². The van der Waals surface area contributed by atoms with E-state index in [2.05, 4.69) is 20.8 Å². The number of nitrogens with one attached hydrogen (secondary N) is 2. The molecular formula is C21H20N4O3. The predicted molar refractivity (Wildman–Crippen MR) is 106 cm³/mol. The first-order valence-corrected chi connectivity index (χ1v) is 8.68. The lowest BCUT2D eigenvalue weighted by Crippen LogP contribution is -2.24. The molecule has 2 aromatic carbocycles. The lowest BCUT2D eigenvalue weighted by atomic mass is 10.1. The van der Waals surface area contributed by atoms with Crippen LogP contribution in [-0.2, 0) is 6.54 Å². The van der Waals surface area contributed by atoms with Crippen molar-refractivity contribution < 1.29 is 14.3 Å². The van der Waals surface area contributed by atoms with Gasteiger partial charge in [0.2, 0.25) is 0 Å². The maximum absolute atomic E-state index is 12.3. The number of hydrogen-bond donors (Lipinski definition) is 2. The smallest absolute Gasteiger partial charge is 0.272 e. The van der Waals surface area contributed by atoms with Gasteiger partial charge in [0.15, 0.2) is 17.3 Å². The Morgan fingerprint density at radius 1 is 1.00 bits per heavy atom. The van der Waals surface area contributed by atoms with Crippen LogP contribution in [0.2, 0.25) is 0 Å². The Morgan fingerprint density at radius 2 is 1.82 bits per heavy atom. The highest BCUT2D eigenvalue weighted by Crippen LogP contribution is 2.18. The number of carbonyl (C=O) groups excluding carboxylic acids is 2. The van der Waals surface area contributed by atoms with E-state index < -0.39 is 0 Å². The van der Waals surface area contributed by atoms with Crippen molar-refractivity contribution in [1.82, 2.24) is 15.5 Å². The number of nitrogens with zero attached hydrogens (tertiary/aromatic N) is 2. The van der Waals surface area contributed by atoms with Crippen molar-refractivity contribution in [3.63, 3.8) is 0 Å². The second-order valence-corrected chi connectivity index (χ2v) is 6.06. The summed E-state index contributed by atoms with van der Waals surface area (Å²) < 4.78 is 5.27. The fourth-order valence-electron chi connectivity index (χ4n) is 2.60. The van der Waals surface area contributed by atoms with Gasteiger partial charge < -0.3 is 15.4 Å². The van der Waals surface area contributed by atoms with Gasteiger partial charge in [-0.3, -0.25) is 9.59 Å². The van der Waals surface area contributed by atoms with Gasteiger partial charge in [-0.2, -0.15) is 0 Å². The second kappa shape index (κ2) is 8.77. The highest BCUT2D eigenvalue weighted by atomic mass is 16.5. The van der Waals surface area contributed by atoms with Crippen LogP contribution < -0.4 is 15.4 Å². The number of ether oxygens (including phenoxy) is 1. The van der Waals surface area contributed by atoms with Crippen LogP contribution in [0.25, 0.3) is 0 Å². The topological polar surface area (TPSA) is 93.2 Å². The van der Waals surface area contributed by atoms with Gasteiger partial charge in [0.1, 0.15) is 5.75 Å². The van der Waals surface area contributed by atoms with E-state index in [-0.39, 0.29) is 17.4 Å². The van der Waals surface area contributed by atoms with Gasteiger partial charge in [0.05, 0.1) is 7.11 Å². The molecule has 1 aromatic heterocycles. The number of benzene rings is 2. The number of rotatable bonds is 7. The van der Waals surface area contributed by atoms with Crippen LogP contribution in [0, 0.1) is 0 Å². The van der Waals surface area contributed by atoms with Crippen LogP contribution in [0.4, 0.5) is 11.5 Å². The molecule has 1 heterocycles. The zero-order valence-electron chi connectivity index (χ0n) is 15.6. The maximum Gasteiger partial charge on any atom is 0.272 e. The molecule has 0 aliphatic rings. The summed E-state index contributed by atoms with van der Waals surface area (Å²) in [6.45, 7) is 1.83. The van der Waals surface area contributed by atoms with Gasteiger partial charge in [-0.15, -0.1) is 10.2 Å². The van der Waals surface area contributed by atoms with E-state index in [9.17, 15) is 9.59 Å². The summed E-state index contributed by atoms with van der Waals surface area (Å²) in [6.07, 6.45) is 0. The summed E-state index contributed by atoms with van der Waals surface area (Å²) in [4.78, 5) is 23.8. The van der Waals surface area contributed by atoms with Gasteiger partial charge >= 0.3 is 0 Å². The lowest BCUT2D eigenvalue weighted by molar-refractivity contribution is 0.0943. The number of ketones is 1. The quantitative estimate of drug-likeness (QED) is 0.614. The largest absolute Gasteiger partial charge is 0.496 e. The minimum absolute atomic E-state index is 0.0169. The molecule has 3 aromatic rings. The van der Waals surface area contributed by atoms with Gasteiger partial charge in [0, 0.05) is 23.4 Å². The molecule has 7 heteroatoms. The average molecular weight is 376 g/mol. The first-order valence-electron chi connectivity index (χ1n) is 8.68. The third-order valence-electron chi connectivity index (χ3n) is 4.07. The summed E-state index contributed by atoms with van der Waals surface area (Å²) in [6, 6.07) is 17.8. The number of aromatic nitrogens is 2. The summed E-state index contributed by atoms with van der Waals surface area (Å²) in [5.74, 6) is 0.837. The summed E-state index contributed by atoms with van der Waals surface area (Å²) in [7, 11) is 1.59. The van der Waals surface area contributed by atoms with Gasteiger partial charge in [-0.05, 0) is 37.3 Å². The Balaban J connectivity index is 1.63. The van der Waals surface area contributed by atoms with Crippen molar-refractivity contribution in [2.75, 3.05) is 12.4 Å². The Labute approximate surface area is 162 Å². The molecule has 2 N–H and O–H groups in total. The van der Waals surface area contributed by atoms with Crippen molar-refractivity contribution in [2.45, 2.75) is 13.5 Å². The number of para-hydroxylation sites is 1.